The topological polar surface area (TPSA) is 88.2 Å². The van der Waals surface area contributed by atoms with Crippen molar-refractivity contribution in [1.82, 2.24) is 15.1 Å². The second-order valence-electron chi connectivity index (χ2n) is 9.03. The van der Waals surface area contributed by atoms with Crippen molar-refractivity contribution in [3.63, 3.8) is 0 Å². The van der Waals surface area contributed by atoms with Crippen LogP contribution in [0.15, 0.2) is 42.5 Å². The minimum atomic E-state index is -0.663. The Hall–Kier alpha value is -3.55. The second-order valence-corrected chi connectivity index (χ2v) is 9.03. The largest absolute Gasteiger partial charge is 0.454 e. The lowest BCUT2D eigenvalue weighted by molar-refractivity contribution is -0.134. The molecule has 0 unspecified atom stereocenters. The highest BCUT2D eigenvalue weighted by Gasteiger charge is 2.36. The molecule has 0 bridgehead atoms. The van der Waals surface area contributed by atoms with E-state index in [2.05, 4.69) is 5.32 Å². The van der Waals surface area contributed by atoms with Crippen molar-refractivity contribution in [1.29, 1.82) is 0 Å². The average molecular weight is 480 g/mol. The monoisotopic (exact) mass is 479 g/mol. The van der Waals surface area contributed by atoms with E-state index < -0.39 is 6.04 Å². The molecule has 35 heavy (non-hydrogen) atoms. The number of piperidine rings is 1. The van der Waals surface area contributed by atoms with Crippen molar-refractivity contribution in [2.24, 2.45) is 5.92 Å². The van der Waals surface area contributed by atoms with Crippen LogP contribution < -0.4 is 14.8 Å². The number of ether oxygens (including phenoxy) is 2. The van der Waals surface area contributed by atoms with E-state index in [0.717, 1.165) is 5.56 Å². The maximum Gasteiger partial charge on any atom is 0.253 e. The Bertz CT molecular complexity index is 1090. The fraction of sp³-hybridized carbons (Fsp3) is 0.444. The normalized spacial score (nSPS) is 16.0. The molecule has 4 rings (SSSR count). The van der Waals surface area contributed by atoms with Gasteiger partial charge in [-0.1, -0.05) is 17.7 Å². The van der Waals surface area contributed by atoms with Crippen LogP contribution in [0.3, 0.4) is 0 Å². The number of likely N-dealkylation sites (tertiary alicyclic amines) is 1. The van der Waals surface area contributed by atoms with Gasteiger partial charge in [-0.05, 0) is 69.9 Å². The number of aryl methyl sites for hydroxylation is 1. The molecule has 186 valence electrons. The van der Waals surface area contributed by atoms with Crippen molar-refractivity contribution in [3.8, 4) is 11.5 Å². The van der Waals surface area contributed by atoms with Crippen LogP contribution in [0.4, 0.5) is 0 Å². The van der Waals surface area contributed by atoms with Crippen LogP contribution in [0, 0.1) is 12.8 Å². The molecule has 2 heterocycles. The third kappa shape index (κ3) is 5.42. The quantitative estimate of drug-likeness (QED) is 0.659. The van der Waals surface area contributed by atoms with Gasteiger partial charge in [0.25, 0.3) is 11.8 Å². The first-order valence-electron chi connectivity index (χ1n) is 12.3. The lowest BCUT2D eigenvalue weighted by atomic mass is 9.87. The summed E-state index contributed by atoms with van der Waals surface area (Å²) in [5, 5.41) is 3.00. The van der Waals surface area contributed by atoms with E-state index in [1.807, 2.05) is 49.9 Å². The van der Waals surface area contributed by atoms with Gasteiger partial charge in [-0.15, -0.1) is 0 Å². The van der Waals surface area contributed by atoms with E-state index >= 15 is 0 Å². The van der Waals surface area contributed by atoms with Gasteiger partial charge in [0.15, 0.2) is 11.5 Å². The van der Waals surface area contributed by atoms with Gasteiger partial charge in [-0.25, -0.2) is 0 Å². The standard InChI is InChI=1S/C27H33N3O5/c1-4-29(5-2)27(33)24(28-25(31)20-9-10-22-23(16-20)35-17-34-22)19-11-13-30(14-12-19)26(32)21-8-6-7-18(3)15-21/h6-10,15-16,19,24H,4-5,11-14,17H2,1-3H3,(H,28,31)/t24-/m1/s1. The van der Waals surface area contributed by atoms with E-state index in [-0.39, 0.29) is 30.4 Å². The van der Waals surface area contributed by atoms with Gasteiger partial charge in [0.1, 0.15) is 6.04 Å². The molecule has 0 aliphatic carbocycles. The summed E-state index contributed by atoms with van der Waals surface area (Å²) < 4.78 is 10.7. The molecule has 1 saturated heterocycles. The molecule has 8 nitrogen and oxygen atoms in total. The number of likely N-dealkylation sites (N-methyl/N-ethyl adjacent to an activating group) is 1. The van der Waals surface area contributed by atoms with Crippen LogP contribution in [0.2, 0.25) is 0 Å². The average Bonchev–Trinajstić information content (AvgIpc) is 3.35. The number of nitrogens with one attached hydrogen (secondary N) is 1. The molecule has 1 fully saturated rings. The van der Waals surface area contributed by atoms with Crippen LogP contribution in [0.5, 0.6) is 11.5 Å². The molecular weight excluding hydrogens is 446 g/mol. The summed E-state index contributed by atoms with van der Waals surface area (Å²) in [5.74, 6) is 0.639. The van der Waals surface area contributed by atoms with Gasteiger partial charge in [-0.3, -0.25) is 14.4 Å². The van der Waals surface area contributed by atoms with E-state index in [0.29, 0.717) is 61.6 Å². The van der Waals surface area contributed by atoms with Gasteiger partial charge in [0.2, 0.25) is 12.7 Å². The fourth-order valence-corrected chi connectivity index (χ4v) is 4.77. The van der Waals surface area contributed by atoms with Crippen molar-refractivity contribution in [3.05, 3.63) is 59.2 Å². The number of carbonyl (C=O) groups is 3. The molecule has 2 aliphatic rings. The van der Waals surface area contributed by atoms with Crippen LogP contribution in [-0.4, -0.2) is 66.5 Å². The lowest BCUT2D eigenvalue weighted by Crippen LogP contribution is -2.54. The highest BCUT2D eigenvalue weighted by atomic mass is 16.7. The minimum absolute atomic E-state index is 0.00293. The van der Waals surface area contributed by atoms with E-state index in [1.165, 1.54) is 0 Å². The number of rotatable bonds is 7. The third-order valence-electron chi connectivity index (χ3n) is 6.83. The zero-order valence-corrected chi connectivity index (χ0v) is 20.6. The molecule has 2 aromatic carbocycles. The number of hydrogen-bond acceptors (Lipinski definition) is 5. The Morgan fingerprint density at radius 1 is 1.00 bits per heavy atom. The first-order valence-corrected chi connectivity index (χ1v) is 12.3. The fourth-order valence-electron chi connectivity index (χ4n) is 4.77. The summed E-state index contributed by atoms with van der Waals surface area (Å²) in [7, 11) is 0. The Morgan fingerprint density at radius 3 is 2.40 bits per heavy atom. The van der Waals surface area contributed by atoms with Gasteiger partial charge >= 0.3 is 0 Å². The molecule has 3 amide bonds. The summed E-state index contributed by atoms with van der Waals surface area (Å²) in [5.41, 5.74) is 2.14. The Kier molecular flexibility index (Phi) is 7.58. The Labute approximate surface area is 206 Å². The zero-order valence-electron chi connectivity index (χ0n) is 20.6. The zero-order chi connectivity index (χ0) is 24.9. The molecule has 1 N–H and O–H groups in total. The molecule has 0 radical (unpaired) electrons. The Morgan fingerprint density at radius 2 is 1.71 bits per heavy atom. The minimum Gasteiger partial charge on any atom is -0.454 e. The Balaban J connectivity index is 1.47. The summed E-state index contributed by atoms with van der Waals surface area (Å²) in [6.45, 7) is 8.17. The van der Waals surface area contributed by atoms with Crippen LogP contribution in [0.1, 0.15) is 53.0 Å². The van der Waals surface area contributed by atoms with Crippen LogP contribution in [-0.2, 0) is 4.79 Å². The third-order valence-corrected chi connectivity index (χ3v) is 6.83. The molecule has 0 aromatic heterocycles. The van der Waals surface area contributed by atoms with Gasteiger partial charge in [-0.2, -0.15) is 0 Å². The summed E-state index contributed by atoms with van der Waals surface area (Å²) in [6.07, 6.45) is 1.27. The lowest BCUT2D eigenvalue weighted by Gasteiger charge is -2.37. The van der Waals surface area contributed by atoms with Gasteiger partial charge < -0.3 is 24.6 Å². The predicted octanol–water partition coefficient (Wildman–Crippen LogP) is 3.24. The maximum atomic E-state index is 13.4. The number of amides is 3. The van der Waals surface area contributed by atoms with Crippen LogP contribution >= 0.6 is 0 Å². The number of nitrogens with zero attached hydrogens (tertiary/aromatic N) is 2. The highest BCUT2D eigenvalue weighted by Crippen LogP contribution is 2.32. The van der Waals surface area contributed by atoms with E-state index in [4.69, 9.17) is 9.47 Å². The summed E-state index contributed by atoms with van der Waals surface area (Å²) in [6, 6.07) is 11.9. The van der Waals surface area contributed by atoms with Crippen molar-refractivity contribution < 1.29 is 23.9 Å². The number of fused-ring (bicyclic) bond motifs is 1. The van der Waals surface area contributed by atoms with Crippen molar-refractivity contribution in [2.75, 3.05) is 33.0 Å². The predicted molar refractivity (Wildman–Crippen MR) is 132 cm³/mol. The summed E-state index contributed by atoms with van der Waals surface area (Å²) in [4.78, 5) is 43.1. The van der Waals surface area contributed by atoms with Gasteiger partial charge in [0.05, 0.1) is 0 Å². The van der Waals surface area contributed by atoms with E-state index in [1.54, 1.807) is 23.1 Å². The number of benzene rings is 2. The first-order chi connectivity index (χ1) is 16.9. The molecule has 1 atom stereocenters. The van der Waals surface area contributed by atoms with Crippen molar-refractivity contribution in [2.45, 2.75) is 39.7 Å². The highest BCUT2D eigenvalue weighted by molar-refractivity contribution is 5.98. The molecule has 2 aromatic rings. The first kappa shape index (κ1) is 24.6. The number of carbonyl (C=O) groups excluding carboxylic acids is 3. The smallest absolute Gasteiger partial charge is 0.253 e. The molecule has 2 aliphatic heterocycles. The van der Waals surface area contributed by atoms with E-state index in [9.17, 15) is 14.4 Å². The molecular formula is C27H33N3O5. The molecule has 8 heteroatoms. The van der Waals surface area contributed by atoms with Crippen LogP contribution in [0.25, 0.3) is 0 Å². The summed E-state index contributed by atoms with van der Waals surface area (Å²) >= 11 is 0. The maximum absolute atomic E-state index is 13.4. The molecule has 0 spiro atoms. The molecule has 0 saturated carbocycles. The van der Waals surface area contributed by atoms with Crippen molar-refractivity contribution >= 4 is 17.7 Å². The van der Waals surface area contributed by atoms with Gasteiger partial charge in [0, 0.05) is 37.3 Å². The second kappa shape index (κ2) is 10.8. The number of hydrogen-bond donors (Lipinski definition) is 1. The SMILES string of the molecule is CCN(CC)C(=O)[C@H](NC(=O)c1ccc2c(c1)OCO2)C1CCN(C(=O)c2cccc(C)c2)CC1.